The summed E-state index contributed by atoms with van der Waals surface area (Å²) in [7, 11) is 0. The zero-order valence-corrected chi connectivity index (χ0v) is 10.6. The van der Waals surface area contributed by atoms with Crippen LogP contribution in [-0.2, 0) is 0 Å². The Hall–Kier alpha value is -2.24. The van der Waals surface area contributed by atoms with Crippen LogP contribution in [0, 0.1) is 13.8 Å². The molecule has 1 aromatic carbocycles. The largest absolute Gasteiger partial charge is 0.342 e. The fourth-order valence-electron chi connectivity index (χ4n) is 1.69. The van der Waals surface area contributed by atoms with E-state index >= 15 is 0 Å². The van der Waals surface area contributed by atoms with Gasteiger partial charge in [-0.05, 0) is 38.0 Å². The summed E-state index contributed by atoms with van der Waals surface area (Å²) < 4.78 is 0. The van der Waals surface area contributed by atoms with Gasteiger partial charge in [-0.2, -0.15) is 5.21 Å². The molecule has 0 aliphatic rings. The summed E-state index contributed by atoms with van der Waals surface area (Å²) >= 11 is 0. The van der Waals surface area contributed by atoms with Crippen molar-refractivity contribution in [2.75, 3.05) is 0 Å². The normalized spacial score (nSPS) is 12.2. The maximum absolute atomic E-state index is 12.1. The molecule has 1 unspecified atom stereocenters. The third-order valence-electron chi connectivity index (χ3n) is 2.95. The second-order valence-electron chi connectivity index (χ2n) is 4.21. The number of carbonyl (C=O) groups excluding carboxylic acids is 1. The number of hydrogen-bond acceptors (Lipinski definition) is 4. The van der Waals surface area contributed by atoms with E-state index in [-0.39, 0.29) is 11.9 Å². The summed E-state index contributed by atoms with van der Waals surface area (Å²) in [5.74, 6) is 0.335. The topological polar surface area (TPSA) is 83.6 Å². The molecule has 6 heteroatoms. The average Bonchev–Trinajstić information content (AvgIpc) is 2.86. The first-order valence-corrected chi connectivity index (χ1v) is 5.70. The minimum atomic E-state index is -0.281. The SMILES string of the molecule is Cc1cccc(C(=O)NC(C)c2nn[nH]n2)c1C. The quantitative estimate of drug-likeness (QED) is 0.854. The Morgan fingerprint density at radius 1 is 1.39 bits per heavy atom. The van der Waals surface area contributed by atoms with Crippen molar-refractivity contribution in [1.82, 2.24) is 25.9 Å². The monoisotopic (exact) mass is 245 g/mol. The molecule has 2 aromatic rings. The van der Waals surface area contributed by atoms with E-state index in [1.165, 1.54) is 0 Å². The first kappa shape index (κ1) is 12.2. The number of hydrogen-bond donors (Lipinski definition) is 2. The van der Waals surface area contributed by atoms with Crippen LogP contribution in [-0.4, -0.2) is 26.5 Å². The Balaban J connectivity index is 2.15. The second-order valence-corrected chi connectivity index (χ2v) is 4.21. The van der Waals surface area contributed by atoms with E-state index in [1.54, 1.807) is 6.07 Å². The van der Waals surface area contributed by atoms with Gasteiger partial charge in [0, 0.05) is 5.56 Å². The molecule has 2 N–H and O–H groups in total. The van der Waals surface area contributed by atoms with Crippen molar-refractivity contribution in [2.24, 2.45) is 0 Å². The van der Waals surface area contributed by atoms with Gasteiger partial charge in [-0.15, -0.1) is 10.2 Å². The highest BCUT2D eigenvalue weighted by Crippen LogP contribution is 2.14. The molecule has 94 valence electrons. The van der Waals surface area contributed by atoms with E-state index in [9.17, 15) is 4.79 Å². The lowest BCUT2D eigenvalue weighted by Gasteiger charge is -2.12. The van der Waals surface area contributed by atoms with Crippen LogP contribution in [0.4, 0.5) is 0 Å². The van der Waals surface area contributed by atoms with Crippen molar-refractivity contribution in [3.05, 3.63) is 40.7 Å². The molecule has 0 bridgehead atoms. The van der Waals surface area contributed by atoms with Gasteiger partial charge in [0.05, 0.1) is 6.04 Å². The van der Waals surface area contributed by atoms with Crippen molar-refractivity contribution < 1.29 is 4.79 Å². The molecule has 0 saturated carbocycles. The van der Waals surface area contributed by atoms with Gasteiger partial charge < -0.3 is 5.32 Å². The fourth-order valence-corrected chi connectivity index (χ4v) is 1.69. The van der Waals surface area contributed by atoms with Crippen molar-refractivity contribution >= 4 is 5.91 Å². The molecule has 0 fully saturated rings. The van der Waals surface area contributed by atoms with Gasteiger partial charge in [0.25, 0.3) is 5.91 Å². The zero-order chi connectivity index (χ0) is 13.1. The maximum atomic E-state index is 12.1. The minimum absolute atomic E-state index is 0.131. The van der Waals surface area contributed by atoms with Crippen molar-refractivity contribution in [3.63, 3.8) is 0 Å². The molecule has 0 radical (unpaired) electrons. The standard InChI is InChI=1S/C12H15N5O/c1-7-5-4-6-10(8(7)2)12(18)13-9(3)11-14-16-17-15-11/h4-6,9H,1-3H3,(H,13,18)(H,14,15,16,17). The van der Waals surface area contributed by atoms with E-state index in [2.05, 4.69) is 25.9 Å². The van der Waals surface area contributed by atoms with E-state index in [0.717, 1.165) is 11.1 Å². The molecular formula is C12H15N5O. The maximum Gasteiger partial charge on any atom is 0.252 e. The van der Waals surface area contributed by atoms with Gasteiger partial charge in [-0.1, -0.05) is 17.3 Å². The minimum Gasteiger partial charge on any atom is -0.342 e. The van der Waals surface area contributed by atoms with Crippen molar-refractivity contribution in [1.29, 1.82) is 0 Å². The Labute approximate surface area is 105 Å². The number of tetrazole rings is 1. The van der Waals surface area contributed by atoms with Crippen molar-refractivity contribution in [2.45, 2.75) is 26.8 Å². The molecule has 18 heavy (non-hydrogen) atoms. The molecule has 0 aliphatic heterocycles. The van der Waals surface area contributed by atoms with Gasteiger partial charge in [0.1, 0.15) is 0 Å². The van der Waals surface area contributed by atoms with Gasteiger partial charge >= 0.3 is 0 Å². The molecule has 0 saturated heterocycles. The number of rotatable bonds is 3. The number of aryl methyl sites for hydroxylation is 1. The van der Waals surface area contributed by atoms with Crippen molar-refractivity contribution in [3.8, 4) is 0 Å². The molecular weight excluding hydrogens is 230 g/mol. The number of nitrogens with one attached hydrogen (secondary N) is 2. The second kappa shape index (κ2) is 4.95. The molecule has 1 aromatic heterocycles. The summed E-state index contributed by atoms with van der Waals surface area (Å²) in [6.45, 7) is 5.73. The predicted molar refractivity (Wildman–Crippen MR) is 66.0 cm³/mol. The van der Waals surface area contributed by atoms with Gasteiger partial charge in [-0.25, -0.2) is 0 Å². The molecule has 0 spiro atoms. The number of benzene rings is 1. The summed E-state index contributed by atoms with van der Waals surface area (Å²) in [4.78, 5) is 12.1. The lowest BCUT2D eigenvalue weighted by molar-refractivity contribution is 0.0937. The number of amides is 1. The Morgan fingerprint density at radius 3 is 2.83 bits per heavy atom. The Kier molecular flexibility index (Phi) is 3.36. The average molecular weight is 245 g/mol. The zero-order valence-electron chi connectivity index (χ0n) is 10.6. The highest BCUT2D eigenvalue weighted by Gasteiger charge is 2.16. The van der Waals surface area contributed by atoms with E-state index in [1.807, 2.05) is 32.9 Å². The van der Waals surface area contributed by atoms with Crippen LogP contribution in [0.25, 0.3) is 0 Å². The van der Waals surface area contributed by atoms with E-state index in [4.69, 9.17) is 0 Å². The molecule has 1 heterocycles. The smallest absolute Gasteiger partial charge is 0.252 e. The highest BCUT2D eigenvalue weighted by atomic mass is 16.1. The Morgan fingerprint density at radius 2 is 2.17 bits per heavy atom. The number of H-pyrrole nitrogens is 1. The number of aromatic amines is 1. The number of carbonyl (C=O) groups is 1. The third-order valence-corrected chi connectivity index (χ3v) is 2.95. The fraction of sp³-hybridized carbons (Fsp3) is 0.333. The van der Waals surface area contributed by atoms with Crippen LogP contribution in [0.2, 0.25) is 0 Å². The van der Waals surface area contributed by atoms with Crippen LogP contribution in [0.1, 0.15) is 40.3 Å². The van der Waals surface area contributed by atoms with E-state index in [0.29, 0.717) is 11.4 Å². The molecule has 1 amide bonds. The summed E-state index contributed by atoms with van der Waals surface area (Å²) in [6.07, 6.45) is 0. The number of aromatic nitrogens is 4. The first-order chi connectivity index (χ1) is 8.59. The number of nitrogens with zero attached hydrogens (tertiary/aromatic N) is 3. The predicted octanol–water partition coefficient (Wildman–Crippen LogP) is 1.31. The lowest BCUT2D eigenvalue weighted by atomic mass is 10.0. The summed E-state index contributed by atoms with van der Waals surface area (Å²) in [5.41, 5.74) is 2.75. The Bertz CT molecular complexity index is 550. The highest BCUT2D eigenvalue weighted by molar-refractivity contribution is 5.96. The molecule has 6 nitrogen and oxygen atoms in total. The molecule has 0 aliphatic carbocycles. The van der Waals surface area contributed by atoms with Gasteiger partial charge in [0.15, 0.2) is 5.82 Å². The summed E-state index contributed by atoms with van der Waals surface area (Å²) in [5, 5.41) is 16.4. The van der Waals surface area contributed by atoms with Crippen LogP contribution in [0.5, 0.6) is 0 Å². The first-order valence-electron chi connectivity index (χ1n) is 5.70. The van der Waals surface area contributed by atoms with Crippen LogP contribution >= 0.6 is 0 Å². The lowest BCUT2D eigenvalue weighted by Crippen LogP contribution is -2.28. The van der Waals surface area contributed by atoms with Gasteiger partial charge in [0.2, 0.25) is 0 Å². The van der Waals surface area contributed by atoms with Gasteiger partial charge in [-0.3, -0.25) is 4.79 Å². The van der Waals surface area contributed by atoms with E-state index < -0.39 is 0 Å². The van der Waals surface area contributed by atoms with Crippen LogP contribution in [0.15, 0.2) is 18.2 Å². The van der Waals surface area contributed by atoms with Crippen LogP contribution < -0.4 is 5.32 Å². The summed E-state index contributed by atoms with van der Waals surface area (Å²) in [6, 6.07) is 5.38. The van der Waals surface area contributed by atoms with Crippen LogP contribution in [0.3, 0.4) is 0 Å². The third kappa shape index (κ3) is 2.37. The molecule has 1 atom stereocenters. The molecule has 2 rings (SSSR count).